The fourth-order valence-corrected chi connectivity index (χ4v) is 3.98. The Morgan fingerprint density at radius 2 is 0.769 bits per heavy atom. The smallest absolute Gasteiger partial charge is 0.320 e. The maximum Gasteiger partial charge on any atom is 0.320 e. The van der Waals surface area contributed by atoms with E-state index in [9.17, 15) is 19.6 Å². The largest absolute Gasteiger partial charge is 0.459 e. The quantitative estimate of drug-likeness (QED) is 0.261. The number of hydrogen-bond donors (Lipinski definition) is 0. The third kappa shape index (κ3) is 17.9. The van der Waals surface area contributed by atoms with Crippen LogP contribution in [0.4, 0.5) is 0 Å². The van der Waals surface area contributed by atoms with Crippen LogP contribution in [-0.4, -0.2) is 133 Å². The van der Waals surface area contributed by atoms with Gasteiger partial charge in [-0.15, -0.1) is 0 Å². The molecule has 1 heterocycles. The van der Waals surface area contributed by atoms with Crippen LogP contribution in [0.25, 0.3) is 0 Å². The first-order valence-corrected chi connectivity index (χ1v) is 13.8. The number of hydrogen-bond acceptors (Lipinski definition) is 11. The van der Waals surface area contributed by atoms with Crippen LogP contribution in [0.1, 0.15) is 62.3 Å². The van der Waals surface area contributed by atoms with Crippen molar-refractivity contribution < 1.29 is 28.6 Å². The van der Waals surface area contributed by atoms with Crippen LogP contribution in [-0.2, 0) is 28.6 Å². The van der Waals surface area contributed by atoms with Crippen LogP contribution < -0.4 is 0 Å². The minimum absolute atomic E-state index is 0.0956. The standard InChI is InChI=1S/C28H51N5O6/c1-26(2,3)37-23(34)20-31-14-12-30(11-10-29)13-15-32(21-24(35)38-27(4,5)6)17-19-33(18-16-31)22-25(36)39-28(7,8)9/h11-22H2,1-9H3. The molecular weight excluding hydrogens is 502 g/mol. The molecule has 11 heteroatoms. The molecule has 224 valence electrons. The van der Waals surface area contributed by atoms with Crippen molar-refractivity contribution >= 4 is 17.9 Å². The third-order valence-electron chi connectivity index (χ3n) is 5.54. The van der Waals surface area contributed by atoms with Crippen LogP contribution in [0.2, 0.25) is 0 Å². The lowest BCUT2D eigenvalue weighted by molar-refractivity contribution is -0.158. The van der Waals surface area contributed by atoms with E-state index in [1.807, 2.05) is 81.9 Å². The molecule has 0 amide bonds. The molecule has 0 atom stereocenters. The second-order valence-corrected chi connectivity index (χ2v) is 13.0. The van der Waals surface area contributed by atoms with Gasteiger partial charge in [-0.05, 0) is 62.3 Å². The molecule has 11 nitrogen and oxygen atoms in total. The molecule has 1 fully saturated rings. The van der Waals surface area contributed by atoms with E-state index in [0.29, 0.717) is 52.4 Å². The highest BCUT2D eigenvalue weighted by Crippen LogP contribution is 2.11. The normalized spacial score (nSPS) is 18.4. The minimum atomic E-state index is -0.598. The van der Waals surface area contributed by atoms with Gasteiger partial charge in [0.25, 0.3) is 0 Å². The predicted octanol–water partition coefficient (Wildman–Crippen LogP) is 1.76. The first kappa shape index (κ1) is 34.8. The second kappa shape index (κ2) is 15.5. The Balaban J connectivity index is 3.08. The summed E-state index contributed by atoms with van der Waals surface area (Å²) >= 11 is 0. The molecule has 0 aromatic rings. The highest BCUT2D eigenvalue weighted by atomic mass is 16.6. The zero-order chi connectivity index (χ0) is 29.9. The summed E-state index contributed by atoms with van der Waals surface area (Å²) in [5.74, 6) is -0.959. The summed E-state index contributed by atoms with van der Waals surface area (Å²) in [6.07, 6.45) is 0. The molecule has 0 bridgehead atoms. The zero-order valence-electron chi connectivity index (χ0n) is 25.7. The molecule has 1 rings (SSSR count). The van der Waals surface area contributed by atoms with Gasteiger partial charge < -0.3 is 14.2 Å². The van der Waals surface area contributed by atoms with Gasteiger partial charge in [0.05, 0.1) is 32.2 Å². The Morgan fingerprint density at radius 1 is 0.538 bits per heavy atom. The van der Waals surface area contributed by atoms with Crippen LogP contribution in [0.15, 0.2) is 0 Å². The van der Waals surface area contributed by atoms with Crippen LogP contribution in [0.5, 0.6) is 0 Å². The van der Waals surface area contributed by atoms with Gasteiger partial charge in [-0.1, -0.05) is 0 Å². The third-order valence-corrected chi connectivity index (χ3v) is 5.54. The molecule has 0 N–H and O–H groups in total. The monoisotopic (exact) mass is 553 g/mol. The lowest BCUT2D eigenvalue weighted by Gasteiger charge is -2.33. The summed E-state index contributed by atoms with van der Waals surface area (Å²) < 4.78 is 16.6. The molecule has 39 heavy (non-hydrogen) atoms. The maximum absolute atomic E-state index is 12.7. The molecule has 1 aliphatic rings. The van der Waals surface area contributed by atoms with E-state index in [1.54, 1.807) is 0 Å². The molecule has 1 saturated heterocycles. The molecule has 0 spiro atoms. The lowest BCUT2D eigenvalue weighted by Crippen LogP contribution is -2.49. The number of nitrogens with zero attached hydrogens (tertiary/aromatic N) is 5. The molecule has 0 aromatic carbocycles. The summed E-state index contributed by atoms with van der Waals surface area (Å²) in [5, 5.41) is 9.37. The number of carbonyl (C=O) groups is 3. The number of esters is 3. The van der Waals surface area contributed by atoms with Gasteiger partial charge in [-0.3, -0.25) is 34.0 Å². The SMILES string of the molecule is CC(C)(C)OC(=O)CN1CCN(CC#N)CCN(CC(=O)OC(C)(C)C)CCN(CC(=O)OC(C)(C)C)CC1. The van der Waals surface area contributed by atoms with E-state index in [0.717, 1.165) is 0 Å². The molecule has 0 radical (unpaired) electrons. The van der Waals surface area contributed by atoms with E-state index in [1.165, 1.54) is 0 Å². The van der Waals surface area contributed by atoms with Crippen molar-refractivity contribution in [3.63, 3.8) is 0 Å². The Bertz CT molecular complexity index is 791. The molecule has 0 aliphatic carbocycles. The Hall–Kier alpha value is -2.26. The molecule has 0 unspecified atom stereocenters. The van der Waals surface area contributed by atoms with E-state index < -0.39 is 16.8 Å². The van der Waals surface area contributed by atoms with Crippen molar-refractivity contribution in [2.24, 2.45) is 0 Å². The Kier molecular flexibility index (Phi) is 13.8. The molecule has 0 saturated carbocycles. The fourth-order valence-electron chi connectivity index (χ4n) is 3.98. The van der Waals surface area contributed by atoms with Crippen molar-refractivity contribution in [1.29, 1.82) is 5.26 Å². The van der Waals surface area contributed by atoms with Gasteiger partial charge in [0, 0.05) is 52.4 Å². The van der Waals surface area contributed by atoms with Crippen LogP contribution in [0, 0.1) is 11.3 Å². The number of ether oxygens (including phenoxy) is 3. The summed E-state index contributed by atoms with van der Waals surface area (Å²) in [6.45, 7) is 21.4. The highest BCUT2D eigenvalue weighted by Gasteiger charge is 2.25. The zero-order valence-corrected chi connectivity index (χ0v) is 25.7. The van der Waals surface area contributed by atoms with Crippen LogP contribution in [0.3, 0.4) is 0 Å². The Morgan fingerprint density at radius 3 is 0.974 bits per heavy atom. The fraction of sp³-hybridized carbons (Fsp3) is 0.857. The van der Waals surface area contributed by atoms with Gasteiger partial charge in [-0.25, -0.2) is 0 Å². The molecule has 1 aliphatic heterocycles. The van der Waals surface area contributed by atoms with E-state index >= 15 is 0 Å². The van der Waals surface area contributed by atoms with Crippen LogP contribution >= 0.6 is 0 Å². The van der Waals surface area contributed by atoms with Gasteiger partial charge in [0.15, 0.2) is 0 Å². The van der Waals surface area contributed by atoms with E-state index in [-0.39, 0.29) is 44.1 Å². The first-order valence-electron chi connectivity index (χ1n) is 13.8. The average Bonchev–Trinajstić information content (AvgIpc) is 2.71. The van der Waals surface area contributed by atoms with Gasteiger partial charge in [0.1, 0.15) is 16.8 Å². The van der Waals surface area contributed by atoms with E-state index in [4.69, 9.17) is 14.2 Å². The van der Waals surface area contributed by atoms with Crippen molar-refractivity contribution in [1.82, 2.24) is 19.6 Å². The van der Waals surface area contributed by atoms with Gasteiger partial charge >= 0.3 is 17.9 Å². The maximum atomic E-state index is 12.7. The highest BCUT2D eigenvalue weighted by molar-refractivity contribution is 5.73. The van der Waals surface area contributed by atoms with Gasteiger partial charge in [-0.2, -0.15) is 5.26 Å². The van der Waals surface area contributed by atoms with Crippen molar-refractivity contribution in [2.75, 3.05) is 78.5 Å². The number of nitriles is 1. The first-order chi connectivity index (χ1) is 17.8. The summed E-state index contributed by atoms with van der Waals surface area (Å²) in [4.78, 5) is 45.9. The molecule has 0 aromatic heterocycles. The topological polar surface area (TPSA) is 116 Å². The predicted molar refractivity (Wildman–Crippen MR) is 149 cm³/mol. The summed E-state index contributed by atoms with van der Waals surface area (Å²) in [7, 11) is 0. The lowest BCUT2D eigenvalue weighted by atomic mass is 10.2. The number of rotatable bonds is 7. The van der Waals surface area contributed by atoms with Crippen molar-refractivity contribution in [2.45, 2.75) is 79.1 Å². The molecular formula is C28H51N5O6. The second-order valence-electron chi connectivity index (χ2n) is 13.0. The Labute approximate surface area is 235 Å². The van der Waals surface area contributed by atoms with Crippen molar-refractivity contribution in [3.05, 3.63) is 0 Å². The van der Waals surface area contributed by atoms with E-state index in [2.05, 4.69) is 6.07 Å². The van der Waals surface area contributed by atoms with Gasteiger partial charge in [0.2, 0.25) is 0 Å². The minimum Gasteiger partial charge on any atom is -0.459 e. The average molecular weight is 554 g/mol. The summed E-state index contributed by atoms with van der Waals surface area (Å²) in [6, 6.07) is 2.22. The number of carbonyl (C=O) groups excluding carboxylic acids is 3. The van der Waals surface area contributed by atoms with Crippen molar-refractivity contribution in [3.8, 4) is 6.07 Å². The summed E-state index contributed by atoms with van der Waals surface area (Å²) in [5.41, 5.74) is -1.77.